The van der Waals surface area contributed by atoms with Crippen LogP contribution in [0, 0.1) is 18.7 Å². The van der Waals surface area contributed by atoms with Gasteiger partial charge in [-0.15, -0.1) is 0 Å². The Morgan fingerprint density at radius 3 is 2.45 bits per heavy atom. The molecule has 7 aliphatic heterocycles. The number of hydrogen-bond acceptors (Lipinski definition) is 11. The second kappa shape index (κ2) is 20.0. The molecule has 1 aromatic heterocycles. The highest BCUT2D eigenvalue weighted by molar-refractivity contribution is 6.13. The highest BCUT2D eigenvalue weighted by Gasteiger charge is 2.49. The van der Waals surface area contributed by atoms with E-state index >= 15 is 4.39 Å². The summed E-state index contributed by atoms with van der Waals surface area (Å²) in [6, 6.07) is 11.5. The molecule has 16 heteroatoms. The second-order valence-electron chi connectivity index (χ2n) is 22.1. The summed E-state index contributed by atoms with van der Waals surface area (Å²) in [7, 11) is 3.93. The van der Waals surface area contributed by atoms with Crippen LogP contribution in [0.15, 0.2) is 72.6 Å². The number of nitrogens with zero attached hydrogens (tertiary/aromatic N) is 7. The smallest absolute Gasteiger partial charge is 0.253 e. The average Bonchev–Trinajstić information content (AvgIpc) is 3.79. The molecular formula is C57H73FN10O5. The van der Waals surface area contributed by atoms with Gasteiger partial charge in [0, 0.05) is 138 Å². The fourth-order valence-corrected chi connectivity index (χ4v) is 12.6. The molecule has 0 saturated carbocycles. The van der Waals surface area contributed by atoms with Crippen molar-refractivity contribution in [2.24, 2.45) is 13.0 Å². The third kappa shape index (κ3) is 9.56. The van der Waals surface area contributed by atoms with Gasteiger partial charge in [-0.05, 0) is 138 Å². The number of benzene rings is 2. The van der Waals surface area contributed by atoms with Gasteiger partial charge in [0.25, 0.3) is 5.91 Å². The number of piperidine rings is 2. The number of nitrogens with one attached hydrogen (secondary N) is 3. The fourth-order valence-electron chi connectivity index (χ4n) is 12.6. The summed E-state index contributed by atoms with van der Waals surface area (Å²) in [5, 5.41) is 20.2. The fraction of sp³-hybridized carbons (Fsp3) is 0.509. The van der Waals surface area contributed by atoms with Gasteiger partial charge in [0.15, 0.2) is 6.23 Å². The second-order valence-corrected chi connectivity index (χ2v) is 22.1. The molecule has 7 aliphatic rings. The zero-order valence-electron chi connectivity index (χ0n) is 43.8. The number of rotatable bonds is 11. The first-order valence-electron chi connectivity index (χ1n) is 26.4. The molecule has 10 rings (SSSR count). The first-order valence-corrected chi connectivity index (χ1v) is 26.4. The molecule has 3 fully saturated rings. The Labute approximate surface area is 429 Å². The van der Waals surface area contributed by atoms with Crippen LogP contribution in [0.25, 0.3) is 11.3 Å². The van der Waals surface area contributed by atoms with Crippen LogP contribution in [0.4, 0.5) is 15.9 Å². The summed E-state index contributed by atoms with van der Waals surface area (Å²) in [4.78, 5) is 65.1. The van der Waals surface area contributed by atoms with Crippen LogP contribution in [0.2, 0.25) is 0 Å². The van der Waals surface area contributed by atoms with Crippen LogP contribution in [0.3, 0.4) is 0 Å². The van der Waals surface area contributed by atoms with E-state index in [9.17, 15) is 24.3 Å². The summed E-state index contributed by atoms with van der Waals surface area (Å²) in [5.74, 6) is 0.218. The van der Waals surface area contributed by atoms with Crippen molar-refractivity contribution in [1.29, 1.82) is 0 Å². The van der Waals surface area contributed by atoms with Crippen molar-refractivity contribution in [2.75, 3.05) is 69.6 Å². The van der Waals surface area contributed by atoms with E-state index in [1.54, 1.807) is 11.0 Å². The topological polar surface area (TPSA) is 149 Å². The van der Waals surface area contributed by atoms with Gasteiger partial charge in [-0.2, -0.15) is 0 Å². The Hall–Kier alpha value is -6.07. The number of fused-ring (bicyclic) bond motifs is 2. The number of aliphatic hydroxyl groups excluding tert-OH is 1. The van der Waals surface area contributed by atoms with Crippen molar-refractivity contribution in [3.05, 3.63) is 117 Å². The number of anilines is 2. The summed E-state index contributed by atoms with van der Waals surface area (Å²) >= 11 is 0. The molecule has 388 valence electrons. The molecule has 3 saturated heterocycles. The molecule has 0 aliphatic carbocycles. The van der Waals surface area contributed by atoms with E-state index in [-0.39, 0.29) is 42.0 Å². The molecule has 4 N–H and O–H groups in total. The minimum Gasteiger partial charge on any atom is -0.388 e. The molecule has 5 atom stereocenters. The number of imide groups is 1. The Morgan fingerprint density at radius 1 is 0.986 bits per heavy atom. The van der Waals surface area contributed by atoms with E-state index in [0.29, 0.717) is 55.6 Å². The highest BCUT2D eigenvalue weighted by Crippen LogP contribution is 2.45. The third-order valence-corrected chi connectivity index (χ3v) is 16.9. The van der Waals surface area contributed by atoms with E-state index < -0.39 is 23.6 Å². The van der Waals surface area contributed by atoms with E-state index in [1.165, 1.54) is 6.07 Å². The predicted molar refractivity (Wildman–Crippen MR) is 282 cm³/mol. The molecule has 4 amide bonds. The van der Waals surface area contributed by atoms with Crippen molar-refractivity contribution >= 4 is 46.4 Å². The maximum Gasteiger partial charge on any atom is 0.253 e. The zero-order chi connectivity index (χ0) is 51.6. The molecule has 2 aromatic carbocycles. The monoisotopic (exact) mass is 997 g/mol. The van der Waals surface area contributed by atoms with Gasteiger partial charge in [-0.25, -0.2) is 4.39 Å². The number of aliphatic hydroxyl groups is 1. The van der Waals surface area contributed by atoms with Gasteiger partial charge < -0.3 is 30.1 Å². The molecule has 15 nitrogen and oxygen atoms in total. The van der Waals surface area contributed by atoms with Crippen molar-refractivity contribution in [3.8, 4) is 0 Å². The van der Waals surface area contributed by atoms with Gasteiger partial charge in [-0.1, -0.05) is 18.2 Å². The number of halogens is 1. The summed E-state index contributed by atoms with van der Waals surface area (Å²) in [5.41, 5.74) is 8.82. The Kier molecular flexibility index (Phi) is 13.8. The molecular weight excluding hydrogens is 924 g/mol. The number of amides is 4. The Bertz CT molecular complexity index is 2820. The number of piperazine rings is 1. The molecule has 3 aromatic rings. The number of aryl methyl sites for hydroxylation is 1. The molecule has 0 bridgehead atoms. The first-order chi connectivity index (χ1) is 34.9. The molecule has 0 spiro atoms. The van der Waals surface area contributed by atoms with Gasteiger partial charge in [0.2, 0.25) is 17.7 Å². The van der Waals surface area contributed by atoms with E-state index in [2.05, 4.69) is 93.4 Å². The normalized spacial score (nSPS) is 25.4. The number of allylic oxidation sites excluding steroid dienone is 1. The lowest BCUT2D eigenvalue weighted by molar-refractivity contribution is -0.136. The van der Waals surface area contributed by atoms with Crippen molar-refractivity contribution in [2.45, 2.75) is 116 Å². The minimum absolute atomic E-state index is 0.0722. The van der Waals surface area contributed by atoms with Crippen molar-refractivity contribution in [3.63, 3.8) is 0 Å². The highest BCUT2D eigenvalue weighted by atomic mass is 19.1. The lowest BCUT2D eigenvalue weighted by atomic mass is 9.85. The van der Waals surface area contributed by atoms with Gasteiger partial charge in [-0.3, -0.25) is 44.1 Å². The first kappa shape index (κ1) is 50.5. The Morgan fingerprint density at radius 2 is 1.77 bits per heavy atom. The Balaban J connectivity index is 0.710. The SMILES string of the molecule is CNC1=CC(O)N(C2=CC(C)Nc3c2cc([C@H](C)N2CC=C(c4c(C)cc(C(=O)N5CCC(CN6CCN(Cc7ccc8c(c7)C(C)(C)C(=O)N8C7CCC(=O)NC7=O)C[C@@H]6C)CC5)cc4F)CC2)n3C)C=C1. The number of likely N-dealkylation sites (tertiary alicyclic amines) is 1. The molecule has 73 heavy (non-hydrogen) atoms. The lowest BCUT2D eigenvalue weighted by Gasteiger charge is -2.42. The largest absolute Gasteiger partial charge is 0.388 e. The van der Waals surface area contributed by atoms with Crippen LogP contribution < -0.4 is 20.9 Å². The number of likely N-dealkylation sites (N-methyl/N-ethyl adjacent to an activating group) is 1. The van der Waals surface area contributed by atoms with E-state index in [0.717, 1.165) is 109 Å². The van der Waals surface area contributed by atoms with Gasteiger partial charge in [0.1, 0.15) is 17.7 Å². The van der Waals surface area contributed by atoms with E-state index in [4.69, 9.17) is 0 Å². The zero-order valence-corrected chi connectivity index (χ0v) is 43.8. The maximum atomic E-state index is 16.2. The number of aromatic nitrogens is 1. The van der Waals surface area contributed by atoms with Crippen LogP contribution >= 0.6 is 0 Å². The predicted octanol–water partition coefficient (Wildman–Crippen LogP) is 6.22. The molecule has 3 unspecified atom stereocenters. The molecule has 0 radical (unpaired) electrons. The summed E-state index contributed by atoms with van der Waals surface area (Å²) < 4.78 is 18.4. The number of hydrogen-bond donors (Lipinski definition) is 4. The van der Waals surface area contributed by atoms with Crippen LogP contribution in [-0.2, 0) is 33.4 Å². The quantitative estimate of drug-likeness (QED) is 0.163. The van der Waals surface area contributed by atoms with Gasteiger partial charge in [0.05, 0.1) is 11.1 Å². The minimum atomic E-state index is -0.792. The maximum absolute atomic E-state index is 16.2. The number of carbonyl (C=O) groups is 4. The van der Waals surface area contributed by atoms with Crippen LogP contribution in [0.1, 0.15) is 117 Å². The van der Waals surface area contributed by atoms with Crippen LogP contribution in [0.5, 0.6) is 0 Å². The van der Waals surface area contributed by atoms with Crippen molar-refractivity contribution < 1.29 is 28.7 Å². The van der Waals surface area contributed by atoms with Gasteiger partial charge >= 0.3 is 0 Å². The summed E-state index contributed by atoms with van der Waals surface area (Å²) in [6.07, 6.45) is 12.2. The standard InChI is InChI=1S/C57H73FN10O5/c1-34-25-41(28-45(58)52(34)40-15-20-64(21-16-40)37(4)48-30-43-49(26-35(2)60-53(43)62(48)8)67-22-17-42(59-7)29-51(67)70)55(72)65-18-13-38(14-19-65)33-66-24-23-63(31-36(66)3)32-39-9-10-46-44(27-39)57(5,6)56(73)68(46)47-11-12-50(69)61-54(47)71/h9-10,15,17,22,25-30,35-38,47,51,59-60,70H,11-14,16,18-21,23-24,31-33H2,1-8H3,(H,61,69,71)/t35?,36-,37-,47?,51?/m0/s1. The summed E-state index contributed by atoms with van der Waals surface area (Å²) in [6.45, 7) is 19.6. The van der Waals surface area contributed by atoms with Crippen molar-refractivity contribution in [1.82, 2.24) is 39.7 Å². The van der Waals surface area contributed by atoms with Crippen LogP contribution in [-0.4, -0.2) is 142 Å². The average molecular weight is 997 g/mol. The molecule has 8 heterocycles. The number of carbonyl (C=O) groups excluding carboxylic acids is 4. The lowest BCUT2D eigenvalue weighted by Crippen LogP contribution is -2.55. The third-order valence-electron chi connectivity index (χ3n) is 16.9. The van der Waals surface area contributed by atoms with E-state index in [1.807, 2.05) is 62.0 Å².